The second-order valence-corrected chi connectivity index (χ2v) is 7.24. The first-order valence-corrected chi connectivity index (χ1v) is 9.83. The van der Waals surface area contributed by atoms with Gasteiger partial charge in [-0.2, -0.15) is 0 Å². The number of fused-ring (bicyclic) bond motifs is 2. The highest BCUT2D eigenvalue weighted by molar-refractivity contribution is 5.86. The van der Waals surface area contributed by atoms with E-state index < -0.39 is 17.5 Å². The molecule has 0 bridgehead atoms. The van der Waals surface area contributed by atoms with E-state index in [1.807, 2.05) is 37.3 Å². The smallest absolute Gasteiger partial charge is 0.356 e. The SMILES string of the molecule is Cc1ccc2oc(-c3ccccc3)c(OC(=O)[C@@H]3COc4ccccc4O3)c(=O)c2c1. The molecule has 3 aromatic carbocycles. The van der Waals surface area contributed by atoms with Crippen LogP contribution >= 0.6 is 0 Å². The number of hydrogen-bond donors (Lipinski definition) is 0. The Labute approximate surface area is 177 Å². The summed E-state index contributed by atoms with van der Waals surface area (Å²) < 4.78 is 22.9. The minimum atomic E-state index is -1.01. The number of para-hydroxylation sites is 2. The van der Waals surface area contributed by atoms with E-state index in [4.69, 9.17) is 18.6 Å². The number of carbonyl (C=O) groups is 1. The van der Waals surface area contributed by atoms with Gasteiger partial charge < -0.3 is 18.6 Å². The summed E-state index contributed by atoms with van der Waals surface area (Å²) in [4.78, 5) is 26.2. The fourth-order valence-electron chi connectivity index (χ4n) is 3.47. The zero-order valence-electron chi connectivity index (χ0n) is 16.7. The number of carbonyl (C=O) groups excluding carboxylic acids is 1. The van der Waals surface area contributed by atoms with Crippen LogP contribution in [0.1, 0.15) is 5.56 Å². The lowest BCUT2D eigenvalue weighted by atomic mass is 10.1. The molecule has 154 valence electrons. The highest BCUT2D eigenvalue weighted by Crippen LogP contribution is 2.33. The van der Waals surface area contributed by atoms with Crippen LogP contribution < -0.4 is 19.6 Å². The third-order valence-electron chi connectivity index (χ3n) is 5.01. The third-order valence-corrected chi connectivity index (χ3v) is 5.01. The van der Waals surface area contributed by atoms with Crippen LogP contribution in [0, 0.1) is 6.92 Å². The molecule has 6 nitrogen and oxygen atoms in total. The number of esters is 1. The van der Waals surface area contributed by atoms with Gasteiger partial charge in [-0.15, -0.1) is 0 Å². The van der Waals surface area contributed by atoms with Crippen molar-refractivity contribution >= 4 is 16.9 Å². The van der Waals surface area contributed by atoms with Gasteiger partial charge in [-0.3, -0.25) is 4.79 Å². The maximum Gasteiger partial charge on any atom is 0.356 e. The molecule has 0 saturated carbocycles. The summed E-state index contributed by atoms with van der Waals surface area (Å²) in [7, 11) is 0. The molecule has 0 fully saturated rings. The molecule has 31 heavy (non-hydrogen) atoms. The molecule has 5 rings (SSSR count). The molecule has 1 aliphatic rings. The average molecular weight is 414 g/mol. The molecule has 2 heterocycles. The van der Waals surface area contributed by atoms with E-state index in [0.29, 0.717) is 28.0 Å². The van der Waals surface area contributed by atoms with Crippen LogP contribution in [-0.2, 0) is 4.79 Å². The molecular weight excluding hydrogens is 396 g/mol. The first-order valence-electron chi connectivity index (χ1n) is 9.83. The molecule has 6 heteroatoms. The van der Waals surface area contributed by atoms with Crippen LogP contribution in [0.5, 0.6) is 17.2 Å². The summed E-state index contributed by atoms with van der Waals surface area (Å²) in [6.07, 6.45) is -1.01. The summed E-state index contributed by atoms with van der Waals surface area (Å²) >= 11 is 0. The van der Waals surface area contributed by atoms with Crippen molar-refractivity contribution in [2.75, 3.05) is 6.61 Å². The fraction of sp³-hybridized carbons (Fsp3) is 0.120. The predicted octanol–water partition coefficient (Wildman–Crippen LogP) is 4.51. The lowest BCUT2D eigenvalue weighted by molar-refractivity contribution is -0.144. The maximum atomic E-state index is 13.3. The molecule has 4 aromatic rings. The molecule has 0 N–H and O–H groups in total. The highest BCUT2D eigenvalue weighted by Gasteiger charge is 2.31. The Balaban J connectivity index is 1.56. The van der Waals surface area contributed by atoms with Crippen molar-refractivity contribution in [3.8, 4) is 28.6 Å². The minimum Gasteiger partial charge on any atom is -0.485 e. The largest absolute Gasteiger partial charge is 0.485 e. The van der Waals surface area contributed by atoms with Crippen molar-refractivity contribution in [1.82, 2.24) is 0 Å². The number of aryl methyl sites for hydroxylation is 1. The molecule has 0 saturated heterocycles. The predicted molar refractivity (Wildman–Crippen MR) is 115 cm³/mol. The molecule has 0 aliphatic carbocycles. The Kier molecular flexibility index (Phi) is 4.67. The second kappa shape index (κ2) is 7.65. The molecule has 0 spiro atoms. The Bertz CT molecular complexity index is 1340. The Morgan fingerprint density at radius 2 is 1.71 bits per heavy atom. The van der Waals surface area contributed by atoms with Crippen LogP contribution in [0.3, 0.4) is 0 Å². The van der Waals surface area contributed by atoms with Gasteiger partial charge in [0.1, 0.15) is 12.2 Å². The molecule has 1 atom stereocenters. The minimum absolute atomic E-state index is 0.0193. The van der Waals surface area contributed by atoms with Crippen molar-refractivity contribution in [3.63, 3.8) is 0 Å². The number of benzene rings is 3. The summed E-state index contributed by atoms with van der Waals surface area (Å²) in [5, 5.41) is 0.341. The first kappa shape index (κ1) is 18.9. The molecule has 1 aromatic heterocycles. The second-order valence-electron chi connectivity index (χ2n) is 7.24. The summed E-state index contributed by atoms with van der Waals surface area (Å²) in [5.74, 6) is 0.285. The lowest BCUT2D eigenvalue weighted by Gasteiger charge is -2.25. The van der Waals surface area contributed by atoms with Crippen molar-refractivity contribution in [3.05, 3.63) is 88.6 Å². The van der Waals surface area contributed by atoms with Gasteiger partial charge in [0.15, 0.2) is 17.3 Å². The molecule has 1 aliphatic heterocycles. The molecule has 0 amide bonds. The zero-order chi connectivity index (χ0) is 21.4. The van der Waals surface area contributed by atoms with Crippen molar-refractivity contribution < 1.29 is 23.4 Å². The zero-order valence-corrected chi connectivity index (χ0v) is 16.7. The van der Waals surface area contributed by atoms with Gasteiger partial charge in [-0.05, 0) is 31.2 Å². The van der Waals surface area contributed by atoms with E-state index in [2.05, 4.69) is 0 Å². The van der Waals surface area contributed by atoms with E-state index >= 15 is 0 Å². The van der Waals surface area contributed by atoms with E-state index in [1.54, 1.807) is 42.5 Å². The van der Waals surface area contributed by atoms with Gasteiger partial charge in [-0.25, -0.2) is 4.79 Å². The van der Waals surface area contributed by atoms with Crippen molar-refractivity contribution in [1.29, 1.82) is 0 Å². The van der Waals surface area contributed by atoms with E-state index in [-0.39, 0.29) is 18.1 Å². The number of hydrogen-bond acceptors (Lipinski definition) is 6. The first-order chi connectivity index (χ1) is 15.1. The van der Waals surface area contributed by atoms with E-state index in [9.17, 15) is 9.59 Å². The summed E-state index contributed by atoms with van der Waals surface area (Å²) in [5.41, 5.74) is 1.51. The van der Waals surface area contributed by atoms with Gasteiger partial charge in [0.05, 0.1) is 5.39 Å². The van der Waals surface area contributed by atoms with Gasteiger partial charge in [0.2, 0.25) is 17.3 Å². The van der Waals surface area contributed by atoms with Crippen molar-refractivity contribution in [2.45, 2.75) is 13.0 Å². The Hall–Kier alpha value is -4.06. The molecule has 0 unspecified atom stereocenters. The fourth-order valence-corrected chi connectivity index (χ4v) is 3.47. The third kappa shape index (κ3) is 3.53. The van der Waals surface area contributed by atoms with Gasteiger partial charge in [0, 0.05) is 5.56 Å². The summed E-state index contributed by atoms with van der Waals surface area (Å²) in [6, 6.07) is 21.4. The van der Waals surface area contributed by atoms with Crippen LogP contribution in [-0.4, -0.2) is 18.7 Å². The van der Waals surface area contributed by atoms with Crippen LogP contribution in [0.15, 0.2) is 82.0 Å². The van der Waals surface area contributed by atoms with E-state index in [1.165, 1.54) is 0 Å². The van der Waals surface area contributed by atoms with Crippen molar-refractivity contribution in [2.24, 2.45) is 0 Å². The van der Waals surface area contributed by atoms with Gasteiger partial charge in [-0.1, -0.05) is 54.1 Å². The number of rotatable bonds is 3. The average Bonchev–Trinajstić information content (AvgIpc) is 2.81. The monoisotopic (exact) mass is 414 g/mol. The highest BCUT2D eigenvalue weighted by atomic mass is 16.6. The normalized spacial score (nSPS) is 14.9. The Morgan fingerprint density at radius 1 is 0.968 bits per heavy atom. The van der Waals surface area contributed by atoms with E-state index in [0.717, 1.165) is 5.56 Å². The quantitative estimate of drug-likeness (QED) is 0.459. The van der Waals surface area contributed by atoms with Crippen LogP contribution in [0.2, 0.25) is 0 Å². The lowest BCUT2D eigenvalue weighted by Crippen LogP contribution is -2.40. The standard InChI is InChI=1S/C25H18O6/c1-15-11-12-18-17(13-15)22(26)24(23(30-18)16-7-3-2-4-8-16)31-25(27)21-14-28-19-9-5-6-10-20(19)29-21/h2-13,21H,14H2,1H3/t21-/m0/s1. The topological polar surface area (TPSA) is 75.0 Å². The molecule has 0 radical (unpaired) electrons. The van der Waals surface area contributed by atoms with Crippen LogP contribution in [0.25, 0.3) is 22.3 Å². The maximum absolute atomic E-state index is 13.3. The Morgan fingerprint density at radius 3 is 2.52 bits per heavy atom. The van der Waals surface area contributed by atoms with Gasteiger partial charge in [0.25, 0.3) is 0 Å². The summed E-state index contributed by atoms with van der Waals surface area (Å²) in [6.45, 7) is 1.86. The van der Waals surface area contributed by atoms with Crippen LogP contribution in [0.4, 0.5) is 0 Å². The molecular formula is C25H18O6. The number of ether oxygens (including phenoxy) is 3. The van der Waals surface area contributed by atoms with Gasteiger partial charge >= 0.3 is 5.97 Å².